The fourth-order valence-electron chi connectivity index (χ4n) is 3.79. The number of aromatic nitrogens is 2. The van der Waals surface area contributed by atoms with Crippen LogP contribution in [0.5, 0.6) is 5.75 Å². The molecule has 0 radical (unpaired) electrons. The van der Waals surface area contributed by atoms with E-state index in [1.807, 2.05) is 36.1 Å². The molecule has 2 amide bonds. The highest BCUT2D eigenvalue weighted by atomic mass is 16.5. The summed E-state index contributed by atoms with van der Waals surface area (Å²) in [4.78, 5) is 31.4. The highest BCUT2D eigenvalue weighted by molar-refractivity contribution is 5.97. The minimum Gasteiger partial charge on any atom is -0.494 e. The van der Waals surface area contributed by atoms with E-state index in [1.165, 1.54) is 6.42 Å². The van der Waals surface area contributed by atoms with Crippen LogP contribution < -0.4 is 10.1 Å². The first kappa shape index (κ1) is 22.5. The lowest BCUT2D eigenvalue weighted by atomic mass is 10.1. The second kappa shape index (κ2) is 10.8. The molecule has 2 heterocycles. The first-order valence-corrected chi connectivity index (χ1v) is 11.4. The zero-order chi connectivity index (χ0) is 23.0. The largest absolute Gasteiger partial charge is 0.494 e. The van der Waals surface area contributed by atoms with Gasteiger partial charge in [-0.2, -0.15) is 4.98 Å². The molecule has 0 unspecified atom stereocenters. The predicted molar refractivity (Wildman–Crippen MR) is 124 cm³/mol. The van der Waals surface area contributed by atoms with Crippen molar-refractivity contribution in [2.75, 3.05) is 25.0 Å². The smallest absolute Gasteiger partial charge is 0.253 e. The number of likely N-dealkylation sites (tertiary alicyclic amines) is 1. The molecule has 0 bridgehead atoms. The van der Waals surface area contributed by atoms with E-state index in [1.54, 1.807) is 24.3 Å². The van der Waals surface area contributed by atoms with Crippen molar-refractivity contribution < 1.29 is 18.8 Å². The summed E-state index contributed by atoms with van der Waals surface area (Å²) in [6.07, 6.45) is 3.76. The SMILES string of the molecule is CCOc1ccc(-c2noc(CCC(=O)Nc3cccc(C(=O)N4CCCCC4)c3)n2)cc1. The minimum absolute atomic E-state index is 0.0125. The Morgan fingerprint density at radius 2 is 1.88 bits per heavy atom. The maximum absolute atomic E-state index is 12.7. The van der Waals surface area contributed by atoms with Crippen molar-refractivity contribution in [2.24, 2.45) is 0 Å². The Labute approximate surface area is 192 Å². The fourth-order valence-corrected chi connectivity index (χ4v) is 3.79. The zero-order valence-corrected chi connectivity index (χ0v) is 18.8. The molecule has 8 heteroatoms. The molecule has 1 aromatic heterocycles. The van der Waals surface area contributed by atoms with Gasteiger partial charge >= 0.3 is 0 Å². The van der Waals surface area contributed by atoms with Crippen molar-refractivity contribution in [1.29, 1.82) is 0 Å². The fraction of sp³-hybridized carbons (Fsp3) is 0.360. The van der Waals surface area contributed by atoms with Gasteiger partial charge in [0.1, 0.15) is 5.75 Å². The molecule has 2 aromatic carbocycles. The van der Waals surface area contributed by atoms with E-state index in [-0.39, 0.29) is 18.2 Å². The number of carbonyl (C=O) groups excluding carboxylic acids is 2. The van der Waals surface area contributed by atoms with Crippen LogP contribution in [0.4, 0.5) is 5.69 Å². The second-order valence-electron chi connectivity index (χ2n) is 7.95. The van der Waals surface area contributed by atoms with Crippen LogP contribution in [-0.2, 0) is 11.2 Å². The van der Waals surface area contributed by atoms with E-state index in [4.69, 9.17) is 9.26 Å². The van der Waals surface area contributed by atoms with Crippen molar-refractivity contribution >= 4 is 17.5 Å². The normalized spacial score (nSPS) is 13.5. The number of aryl methyl sites for hydroxylation is 1. The average molecular weight is 449 g/mol. The van der Waals surface area contributed by atoms with E-state index >= 15 is 0 Å². The summed E-state index contributed by atoms with van der Waals surface area (Å²) in [7, 11) is 0. The summed E-state index contributed by atoms with van der Waals surface area (Å²) in [5.74, 6) is 1.47. The zero-order valence-electron chi connectivity index (χ0n) is 18.8. The predicted octanol–water partition coefficient (Wildman–Crippen LogP) is 4.33. The molecule has 1 aliphatic heterocycles. The Morgan fingerprint density at radius 1 is 1.09 bits per heavy atom. The molecule has 8 nitrogen and oxygen atoms in total. The number of nitrogens with one attached hydrogen (secondary N) is 1. The Hall–Kier alpha value is -3.68. The molecular weight excluding hydrogens is 420 g/mol. The molecule has 1 saturated heterocycles. The van der Waals surface area contributed by atoms with E-state index in [2.05, 4.69) is 15.5 Å². The van der Waals surface area contributed by atoms with E-state index in [0.717, 1.165) is 37.2 Å². The summed E-state index contributed by atoms with van der Waals surface area (Å²) < 4.78 is 10.7. The highest BCUT2D eigenvalue weighted by Crippen LogP contribution is 2.21. The molecule has 4 rings (SSSR count). The summed E-state index contributed by atoms with van der Waals surface area (Å²) in [6.45, 7) is 4.12. The highest BCUT2D eigenvalue weighted by Gasteiger charge is 2.18. The number of anilines is 1. The second-order valence-corrected chi connectivity index (χ2v) is 7.95. The summed E-state index contributed by atoms with van der Waals surface area (Å²) in [5, 5.41) is 6.85. The van der Waals surface area contributed by atoms with Crippen molar-refractivity contribution in [3.05, 3.63) is 60.0 Å². The number of hydrogen-bond acceptors (Lipinski definition) is 6. The summed E-state index contributed by atoms with van der Waals surface area (Å²) in [5.41, 5.74) is 2.00. The standard InChI is InChI=1S/C25H28N4O4/c1-2-32-21-11-9-18(10-12-21)24-27-23(33-28-24)14-13-22(30)26-20-8-6-7-19(17-20)25(31)29-15-4-3-5-16-29/h6-12,17H,2-5,13-16H2,1H3,(H,26,30). The van der Waals surface area contributed by atoms with Crippen molar-refractivity contribution in [2.45, 2.75) is 39.0 Å². The molecule has 0 aliphatic carbocycles. The van der Waals surface area contributed by atoms with Crippen LogP contribution in [-0.4, -0.2) is 46.6 Å². The molecule has 3 aromatic rings. The van der Waals surface area contributed by atoms with Gasteiger partial charge in [0.2, 0.25) is 17.6 Å². The third-order valence-electron chi connectivity index (χ3n) is 5.49. The Bertz CT molecular complexity index is 1090. The molecule has 172 valence electrons. The van der Waals surface area contributed by atoms with Gasteiger partial charge in [0.05, 0.1) is 6.61 Å². The number of rotatable bonds is 8. The van der Waals surface area contributed by atoms with Crippen LogP contribution in [0.2, 0.25) is 0 Å². The molecular formula is C25H28N4O4. The van der Waals surface area contributed by atoms with Crippen LogP contribution in [0, 0.1) is 0 Å². The number of amides is 2. The summed E-state index contributed by atoms with van der Waals surface area (Å²) >= 11 is 0. The van der Waals surface area contributed by atoms with Crippen LogP contribution in [0.25, 0.3) is 11.4 Å². The topological polar surface area (TPSA) is 97.6 Å². The first-order chi connectivity index (χ1) is 16.1. The Kier molecular flexibility index (Phi) is 7.34. The lowest BCUT2D eigenvalue weighted by Gasteiger charge is -2.26. The third kappa shape index (κ3) is 5.97. The van der Waals surface area contributed by atoms with Crippen molar-refractivity contribution in [1.82, 2.24) is 15.0 Å². The maximum atomic E-state index is 12.7. The number of ether oxygens (including phenoxy) is 1. The Balaban J connectivity index is 1.30. The minimum atomic E-state index is -0.182. The van der Waals surface area contributed by atoms with Crippen LogP contribution in [0.3, 0.4) is 0 Å². The van der Waals surface area contributed by atoms with Gasteiger partial charge in [-0.15, -0.1) is 0 Å². The lowest BCUT2D eigenvalue weighted by molar-refractivity contribution is -0.116. The Morgan fingerprint density at radius 3 is 2.64 bits per heavy atom. The first-order valence-electron chi connectivity index (χ1n) is 11.4. The van der Waals surface area contributed by atoms with E-state index in [0.29, 0.717) is 36.0 Å². The summed E-state index contributed by atoms with van der Waals surface area (Å²) in [6, 6.07) is 14.5. The van der Waals surface area contributed by atoms with Crippen molar-refractivity contribution in [3.63, 3.8) is 0 Å². The molecule has 1 fully saturated rings. The number of hydrogen-bond donors (Lipinski definition) is 1. The monoisotopic (exact) mass is 448 g/mol. The van der Waals surface area contributed by atoms with E-state index < -0.39 is 0 Å². The van der Waals surface area contributed by atoms with Gasteiger partial charge in [-0.25, -0.2) is 0 Å². The number of nitrogens with zero attached hydrogens (tertiary/aromatic N) is 3. The lowest BCUT2D eigenvalue weighted by Crippen LogP contribution is -2.35. The van der Waals surface area contributed by atoms with Crippen LogP contribution in [0.1, 0.15) is 48.9 Å². The molecule has 0 saturated carbocycles. The third-order valence-corrected chi connectivity index (χ3v) is 5.49. The van der Waals surface area contributed by atoms with E-state index in [9.17, 15) is 9.59 Å². The van der Waals surface area contributed by atoms with Crippen LogP contribution >= 0.6 is 0 Å². The number of piperidine rings is 1. The molecule has 1 aliphatic rings. The molecule has 33 heavy (non-hydrogen) atoms. The van der Waals surface area contributed by atoms with Crippen LogP contribution in [0.15, 0.2) is 53.1 Å². The quantitative estimate of drug-likeness (QED) is 0.551. The van der Waals surface area contributed by atoms with Gasteiger partial charge in [-0.1, -0.05) is 11.2 Å². The van der Waals surface area contributed by atoms with Gasteiger partial charge in [0.15, 0.2) is 0 Å². The van der Waals surface area contributed by atoms with Gasteiger partial charge in [0, 0.05) is 42.7 Å². The van der Waals surface area contributed by atoms with Gasteiger partial charge < -0.3 is 19.5 Å². The van der Waals surface area contributed by atoms with Gasteiger partial charge in [-0.3, -0.25) is 9.59 Å². The van der Waals surface area contributed by atoms with Gasteiger partial charge in [0.25, 0.3) is 5.91 Å². The average Bonchev–Trinajstić information content (AvgIpc) is 3.33. The molecule has 1 N–H and O–H groups in total. The number of benzene rings is 2. The number of carbonyl (C=O) groups is 2. The molecule has 0 spiro atoms. The maximum Gasteiger partial charge on any atom is 0.253 e. The molecule has 0 atom stereocenters. The van der Waals surface area contributed by atoms with Crippen molar-refractivity contribution in [3.8, 4) is 17.1 Å². The van der Waals surface area contributed by atoms with Gasteiger partial charge in [-0.05, 0) is 68.7 Å².